The summed E-state index contributed by atoms with van der Waals surface area (Å²) in [4.78, 5) is 43.6. The van der Waals surface area contributed by atoms with Crippen LogP contribution in [-0.4, -0.2) is 26.5 Å². The molecule has 3 rings (SSSR count). The Hall–Kier alpha value is -3.40. The van der Waals surface area contributed by atoms with Crippen molar-refractivity contribution in [2.24, 2.45) is 5.10 Å². The number of benzene rings is 1. The number of fused-ring (bicyclic) bond motifs is 1. The van der Waals surface area contributed by atoms with Crippen molar-refractivity contribution in [1.29, 1.82) is 0 Å². The average Bonchev–Trinajstić information content (AvgIpc) is 2.93. The highest BCUT2D eigenvalue weighted by Crippen LogP contribution is 2.25. The number of H-pyrrole nitrogens is 1. The number of aromatic amines is 1. The summed E-state index contributed by atoms with van der Waals surface area (Å²) in [5, 5.41) is 15.6. The predicted octanol–water partition coefficient (Wildman–Crippen LogP) is 2.59. The highest BCUT2D eigenvalue weighted by atomic mass is 32.1. The molecule has 0 aliphatic rings. The molecule has 0 fully saturated rings. The average molecular weight is 399 g/mol. The summed E-state index contributed by atoms with van der Waals surface area (Å²) in [5.74, 6) is -0.264. The summed E-state index contributed by atoms with van der Waals surface area (Å²) in [6.45, 7) is 5.33. The lowest BCUT2D eigenvalue weighted by atomic mass is 10.1. The lowest BCUT2D eigenvalue weighted by Gasteiger charge is -2.04. The highest BCUT2D eigenvalue weighted by Gasteiger charge is 2.16. The number of aryl methyl sites for hydroxylation is 2. The topological polar surface area (TPSA) is 130 Å². The van der Waals surface area contributed by atoms with E-state index in [0.29, 0.717) is 21.5 Å². The first kappa shape index (κ1) is 19.4. The van der Waals surface area contributed by atoms with Crippen LogP contribution in [0.5, 0.6) is 0 Å². The molecule has 2 N–H and O–H groups in total. The van der Waals surface area contributed by atoms with E-state index in [1.807, 2.05) is 13.8 Å². The van der Waals surface area contributed by atoms with Gasteiger partial charge in [-0.05, 0) is 32.4 Å². The maximum Gasteiger partial charge on any atom is 0.278 e. The first-order valence-corrected chi connectivity index (χ1v) is 9.15. The zero-order valence-electron chi connectivity index (χ0n) is 15.4. The van der Waals surface area contributed by atoms with Gasteiger partial charge in [-0.2, -0.15) is 5.10 Å². The molecule has 2 aromatic heterocycles. The minimum absolute atomic E-state index is 0.0992. The monoisotopic (exact) mass is 399 g/mol. The molecule has 0 atom stereocenters. The Morgan fingerprint density at radius 3 is 2.79 bits per heavy atom. The number of hydrogen-bond donors (Lipinski definition) is 2. The van der Waals surface area contributed by atoms with Crippen LogP contribution in [0.1, 0.15) is 28.8 Å². The van der Waals surface area contributed by atoms with E-state index in [2.05, 4.69) is 20.5 Å². The Morgan fingerprint density at radius 2 is 2.07 bits per heavy atom. The van der Waals surface area contributed by atoms with Crippen LogP contribution in [0, 0.1) is 24.0 Å². The second-order valence-corrected chi connectivity index (χ2v) is 7.36. The smallest absolute Gasteiger partial charge is 0.278 e. The number of nitrogens with one attached hydrogen (secondary N) is 2. The summed E-state index contributed by atoms with van der Waals surface area (Å²) < 4.78 is 0. The highest BCUT2D eigenvalue weighted by molar-refractivity contribution is 7.18. The van der Waals surface area contributed by atoms with Gasteiger partial charge in [-0.15, -0.1) is 11.3 Å². The molecule has 0 bridgehead atoms. The molecule has 0 aliphatic heterocycles. The number of hydrogen-bond acceptors (Lipinski definition) is 7. The van der Waals surface area contributed by atoms with Crippen molar-refractivity contribution in [1.82, 2.24) is 15.4 Å². The van der Waals surface area contributed by atoms with E-state index < -0.39 is 10.8 Å². The SMILES string of the molecule is C/C(=N/NC(=O)Cc1nc2sc(C)c(C)c2c(=O)[nH]1)c1ccccc1[N+](=O)[O-]. The Balaban J connectivity index is 1.78. The summed E-state index contributed by atoms with van der Waals surface area (Å²) in [6, 6.07) is 6.13. The van der Waals surface area contributed by atoms with Gasteiger partial charge in [0.05, 0.1) is 28.0 Å². The van der Waals surface area contributed by atoms with Gasteiger partial charge in [0.2, 0.25) is 5.91 Å². The van der Waals surface area contributed by atoms with Crippen LogP contribution < -0.4 is 11.0 Å². The zero-order chi connectivity index (χ0) is 20.4. The van der Waals surface area contributed by atoms with Crippen molar-refractivity contribution < 1.29 is 9.72 Å². The number of rotatable bonds is 5. The van der Waals surface area contributed by atoms with Crippen LogP contribution in [0.25, 0.3) is 10.2 Å². The molecule has 10 heteroatoms. The molecule has 144 valence electrons. The summed E-state index contributed by atoms with van der Waals surface area (Å²) in [6.07, 6.45) is -0.172. The van der Waals surface area contributed by atoms with Crippen LogP contribution >= 0.6 is 11.3 Å². The summed E-state index contributed by atoms with van der Waals surface area (Å²) in [7, 11) is 0. The van der Waals surface area contributed by atoms with Crippen molar-refractivity contribution >= 4 is 38.9 Å². The third-order valence-electron chi connectivity index (χ3n) is 4.25. The number of amides is 1. The van der Waals surface area contributed by atoms with Crippen molar-refractivity contribution in [2.75, 3.05) is 0 Å². The lowest BCUT2D eigenvalue weighted by molar-refractivity contribution is -0.385. The second kappa shape index (κ2) is 7.69. The number of para-hydroxylation sites is 1. The van der Waals surface area contributed by atoms with E-state index in [1.54, 1.807) is 25.1 Å². The van der Waals surface area contributed by atoms with E-state index >= 15 is 0 Å². The van der Waals surface area contributed by atoms with Gasteiger partial charge in [-0.1, -0.05) is 12.1 Å². The number of carbonyl (C=O) groups excluding carboxylic acids is 1. The molecule has 0 spiro atoms. The maximum atomic E-state index is 12.3. The van der Waals surface area contributed by atoms with Gasteiger partial charge in [0.25, 0.3) is 11.2 Å². The molecule has 9 nitrogen and oxygen atoms in total. The number of nitrogens with zero attached hydrogens (tertiary/aromatic N) is 3. The van der Waals surface area contributed by atoms with Crippen LogP contribution in [0.4, 0.5) is 5.69 Å². The zero-order valence-corrected chi connectivity index (χ0v) is 16.2. The number of thiophene rings is 1. The molecular formula is C18H17N5O4S. The summed E-state index contributed by atoms with van der Waals surface area (Å²) >= 11 is 1.40. The van der Waals surface area contributed by atoms with Gasteiger partial charge >= 0.3 is 0 Å². The van der Waals surface area contributed by atoms with Crippen molar-refractivity contribution in [3.63, 3.8) is 0 Å². The van der Waals surface area contributed by atoms with E-state index in [-0.39, 0.29) is 23.5 Å². The van der Waals surface area contributed by atoms with Gasteiger partial charge in [0, 0.05) is 10.9 Å². The normalized spacial score (nSPS) is 11.6. The first-order chi connectivity index (χ1) is 13.3. The maximum absolute atomic E-state index is 12.3. The standard InChI is InChI=1S/C18H17N5O4S/c1-9-11(3)28-18-16(9)17(25)19-14(20-18)8-15(24)22-21-10(2)12-6-4-5-7-13(12)23(26)27/h4-7H,8H2,1-3H3,(H,22,24)(H,19,20,25)/b21-10-. The molecule has 0 aliphatic carbocycles. The molecule has 28 heavy (non-hydrogen) atoms. The van der Waals surface area contributed by atoms with E-state index in [1.165, 1.54) is 17.4 Å². The van der Waals surface area contributed by atoms with Gasteiger partial charge in [0.1, 0.15) is 10.7 Å². The van der Waals surface area contributed by atoms with Crippen LogP contribution in [0.2, 0.25) is 0 Å². The molecule has 0 unspecified atom stereocenters. The van der Waals surface area contributed by atoms with E-state index in [9.17, 15) is 19.7 Å². The molecule has 0 saturated heterocycles. The van der Waals surface area contributed by atoms with Crippen LogP contribution in [0.15, 0.2) is 34.2 Å². The van der Waals surface area contributed by atoms with Gasteiger partial charge in [-0.3, -0.25) is 19.7 Å². The Kier molecular flexibility index (Phi) is 5.32. The minimum atomic E-state index is -0.509. The predicted molar refractivity (Wildman–Crippen MR) is 107 cm³/mol. The van der Waals surface area contributed by atoms with Crippen molar-refractivity contribution in [3.8, 4) is 0 Å². The van der Waals surface area contributed by atoms with Crippen LogP contribution in [-0.2, 0) is 11.2 Å². The molecule has 1 aromatic carbocycles. The minimum Gasteiger partial charge on any atom is -0.309 e. The Labute approximate surface area is 163 Å². The number of nitro groups is 1. The fourth-order valence-electron chi connectivity index (χ4n) is 2.72. The quantitative estimate of drug-likeness (QED) is 0.387. The molecule has 3 aromatic rings. The molecule has 1 amide bonds. The lowest BCUT2D eigenvalue weighted by Crippen LogP contribution is -2.24. The van der Waals surface area contributed by atoms with Gasteiger partial charge < -0.3 is 4.98 Å². The van der Waals surface area contributed by atoms with Crippen LogP contribution in [0.3, 0.4) is 0 Å². The van der Waals surface area contributed by atoms with E-state index in [4.69, 9.17) is 0 Å². The molecular weight excluding hydrogens is 382 g/mol. The molecule has 0 saturated carbocycles. The molecule has 0 radical (unpaired) electrons. The third kappa shape index (κ3) is 3.81. The second-order valence-electron chi connectivity index (χ2n) is 6.16. The largest absolute Gasteiger partial charge is 0.309 e. The van der Waals surface area contributed by atoms with Crippen molar-refractivity contribution in [3.05, 3.63) is 66.6 Å². The fourth-order valence-corrected chi connectivity index (χ4v) is 3.77. The Morgan fingerprint density at radius 1 is 1.36 bits per heavy atom. The number of hydrazone groups is 1. The van der Waals surface area contributed by atoms with Crippen molar-refractivity contribution in [2.45, 2.75) is 27.2 Å². The van der Waals surface area contributed by atoms with E-state index in [0.717, 1.165) is 10.4 Å². The summed E-state index contributed by atoms with van der Waals surface area (Å²) in [5.41, 5.74) is 3.45. The number of carbonyl (C=O) groups is 1. The first-order valence-electron chi connectivity index (χ1n) is 8.33. The van der Waals surface area contributed by atoms with Gasteiger partial charge in [0.15, 0.2) is 0 Å². The molecule has 2 heterocycles. The third-order valence-corrected chi connectivity index (χ3v) is 5.36. The number of aromatic nitrogens is 2. The van der Waals surface area contributed by atoms with Gasteiger partial charge in [-0.25, -0.2) is 10.4 Å². The fraction of sp³-hybridized carbons (Fsp3) is 0.222. The number of nitro benzene ring substituents is 1. The Bertz CT molecular complexity index is 1180.